The van der Waals surface area contributed by atoms with Gasteiger partial charge in [0, 0.05) is 12.3 Å². The smallest absolute Gasteiger partial charge is 0.213 e. The molecular formula is C16H18N2O. The molecule has 3 nitrogen and oxygen atoms in total. The molecule has 2 aromatic rings. The van der Waals surface area contributed by atoms with Crippen LogP contribution in [0.15, 0.2) is 53.7 Å². The molecule has 0 aliphatic rings. The molecule has 3 heteroatoms. The van der Waals surface area contributed by atoms with Crippen LogP contribution < -0.4 is 4.74 Å². The van der Waals surface area contributed by atoms with Crippen LogP contribution in [0.2, 0.25) is 0 Å². The molecule has 0 bridgehead atoms. The van der Waals surface area contributed by atoms with Crippen LogP contribution in [0.3, 0.4) is 0 Å². The normalized spacial score (nSPS) is 10.8. The van der Waals surface area contributed by atoms with Crippen molar-refractivity contribution in [3.63, 3.8) is 0 Å². The Balaban J connectivity index is 1.93. The standard InChI is InChI=1S/C16H18N2O/c1-2-3-11-19-16-10-9-15(13-18-16)17-12-14-7-5-4-6-8-14/h4-10,12-13H,2-3,11H2,1H3. The molecule has 0 atom stereocenters. The van der Waals surface area contributed by atoms with E-state index in [4.69, 9.17) is 4.74 Å². The number of benzene rings is 1. The lowest BCUT2D eigenvalue weighted by Crippen LogP contribution is -1.97. The van der Waals surface area contributed by atoms with Crippen molar-refractivity contribution in [3.05, 3.63) is 54.2 Å². The van der Waals surface area contributed by atoms with Gasteiger partial charge >= 0.3 is 0 Å². The van der Waals surface area contributed by atoms with Crippen LogP contribution in [0.1, 0.15) is 25.3 Å². The number of pyridine rings is 1. The van der Waals surface area contributed by atoms with Gasteiger partial charge in [-0.2, -0.15) is 0 Å². The Labute approximate surface area is 114 Å². The van der Waals surface area contributed by atoms with Crippen molar-refractivity contribution < 1.29 is 4.74 Å². The van der Waals surface area contributed by atoms with Gasteiger partial charge in [0.1, 0.15) is 0 Å². The summed E-state index contributed by atoms with van der Waals surface area (Å²) >= 11 is 0. The van der Waals surface area contributed by atoms with Gasteiger partial charge in [0.05, 0.1) is 18.5 Å². The van der Waals surface area contributed by atoms with Gasteiger partial charge < -0.3 is 4.74 Å². The number of hydrogen-bond donors (Lipinski definition) is 0. The molecular weight excluding hydrogens is 236 g/mol. The molecule has 0 fully saturated rings. The van der Waals surface area contributed by atoms with Crippen molar-refractivity contribution in [3.8, 4) is 5.88 Å². The van der Waals surface area contributed by atoms with Crippen LogP contribution in [0.4, 0.5) is 5.69 Å². The molecule has 0 spiro atoms. The van der Waals surface area contributed by atoms with Gasteiger partial charge in [-0.15, -0.1) is 0 Å². The highest BCUT2D eigenvalue weighted by Gasteiger charge is 1.95. The summed E-state index contributed by atoms with van der Waals surface area (Å²) in [6.07, 6.45) is 5.73. The molecule has 1 aromatic heterocycles. The quantitative estimate of drug-likeness (QED) is 0.576. The first-order chi connectivity index (χ1) is 9.38. The first kappa shape index (κ1) is 13.3. The molecule has 98 valence electrons. The SMILES string of the molecule is CCCCOc1ccc(N=Cc2ccccc2)cn1. The highest BCUT2D eigenvalue weighted by Crippen LogP contribution is 2.14. The van der Waals surface area contributed by atoms with Gasteiger partial charge in [0.25, 0.3) is 0 Å². The molecule has 0 saturated carbocycles. The van der Waals surface area contributed by atoms with Crippen LogP contribution in [-0.4, -0.2) is 17.8 Å². The van der Waals surface area contributed by atoms with E-state index >= 15 is 0 Å². The fraction of sp³-hybridized carbons (Fsp3) is 0.250. The third-order valence-corrected chi connectivity index (χ3v) is 2.63. The maximum absolute atomic E-state index is 5.50. The Morgan fingerprint density at radius 3 is 2.68 bits per heavy atom. The first-order valence-corrected chi connectivity index (χ1v) is 6.56. The summed E-state index contributed by atoms with van der Waals surface area (Å²) in [5.74, 6) is 0.659. The van der Waals surface area contributed by atoms with Gasteiger partial charge in [-0.1, -0.05) is 43.7 Å². The average molecular weight is 254 g/mol. The Kier molecular flexibility index (Phi) is 5.11. The van der Waals surface area contributed by atoms with Crippen molar-refractivity contribution in [2.24, 2.45) is 4.99 Å². The Morgan fingerprint density at radius 1 is 1.16 bits per heavy atom. The fourth-order valence-electron chi connectivity index (χ4n) is 1.54. The molecule has 0 amide bonds. The number of ether oxygens (including phenoxy) is 1. The van der Waals surface area contributed by atoms with Gasteiger partial charge in [-0.05, 0) is 18.1 Å². The van der Waals surface area contributed by atoms with E-state index in [1.807, 2.05) is 48.7 Å². The summed E-state index contributed by atoms with van der Waals surface area (Å²) in [7, 11) is 0. The van der Waals surface area contributed by atoms with Crippen LogP contribution in [0, 0.1) is 0 Å². The Bertz CT molecular complexity index is 506. The van der Waals surface area contributed by atoms with Crippen molar-refractivity contribution in [1.82, 2.24) is 4.98 Å². The fourth-order valence-corrected chi connectivity index (χ4v) is 1.54. The van der Waals surface area contributed by atoms with Gasteiger partial charge in [0.2, 0.25) is 5.88 Å². The summed E-state index contributed by atoms with van der Waals surface area (Å²) in [5, 5.41) is 0. The van der Waals surface area contributed by atoms with Gasteiger partial charge in [0.15, 0.2) is 0 Å². The number of aromatic nitrogens is 1. The highest BCUT2D eigenvalue weighted by atomic mass is 16.5. The molecule has 0 aliphatic heterocycles. The van der Waals surface area contributed by atoms with Crippen molar-refractivity contribution in [2.45, 2.75) is 19.8 Å². The minimum Gasteiger partial charge on any atom is -0.478 e. The lowest BCUT2D eigenvalue weighted by atomic mass is 10.2. The molecule has 0 aliphatic carbocycles. The van der Waals surface area contributed by atoms with E-state index in [-0.39, 0.29) is 0 Å². The minimum atomic E-state index is 0.659. The van der Waals surface area contributed by atoms with E-state index in [2.05, 4.69) is 16.9 Å². The monoisotopic (exact) mass is 254 g/mol. The molecule has 0 radical (unpaired) electrons. The average Bonchev–Trinajstić information content (AvgIpc) is 2.48. The maximum atomic E-state index is 5.50. The molecule has 1 heterocycles. The van der Waals surface area contributed by atoms with Crippen molar-refractivity contribution in [2.75, 3.05) is 6.61 Å². The van der Waals surface area contributed by atoms with E-state index in [0.29, 0.717) is 5.88 Å². The topological polar surface area (TPSA) is 34.5 Å². The van der Waals surface area contributed by atoms with E-state index in [9.17, 15) is 0 Å². The third kappa shape index (κ3) is 4.54. The molecule has 1 aromatic carbocycles. The summed E-state index contributed by atoms with van der Waals surface area (Å²) in [6, 6.07) is 13.8. The lowest BCUT2D eigenvalue weighted by Gasteiger charge is -2.03. The number of aliphatic imine (C=N–C) groups is 1. The van der Waals surface area contributed by atoms with Crippen LogP contribution in [0.5, 0.6) is 5.88 Å². The third-order valence-electron chi connectivity index (χ3n) is 2.63. The lowest BCUT2D eigenvalue weighted by molar-refractivity contribution is 0.298. The van der Waals surface area contributed by atoms with E-state index < -0.39 is 0 Å². The second-order valence-corrected chi connectivity index (χ2v) is 4.23. The van der Waals surface area contributed by atoms with E-state index in [0.717, 1.165) is 30.7 Å². The predicted molar refractivity (Wildman–Crippen MR) is 78.3 cm³/mol. The highest BCUT2D eigenvalue weighted by molar-refractivity contribution is 5.81. The number of nitrogens with zero attached hydrogens (tertiary/aromatic N) is 2. The second kappa shape index (κ2) is 7.31. The summed E-state index contributed by atoms with van der Waals surface area (Å²) < 4.78 is 5.50. The van der Waals surface area contributed by atoms with Crippen LogP contribution >= 0.6 is 0 Å². The molecule has 2 rings (SSSR count). The minimum absolute atomic E-state index is 0.659. The van der Waals surface area contributed by atoms with Crippen LogP contribution in [0.25, 0.3) is 0 Å². The van der Waals surface area contributed by atoms with Crippen molar-refractivity contribution in [1.29, 1.82) is 0 Å². The largest absolute Gasteiger partial charge is 0.478 e. The van der Waals surface area contributed by atoms with Crippen LogP contribution in [-0.2, 0) is 0 Å². The predicted octanol–water partition coefficient (Wildman–Crippen LogP) is 4.01. The summed E-state index contributed by atoms with van der Waals surface area (Å²) in [5.41, 5.74) is 1.90. The van der Waals surface area contributed by atoms with Crippen molar-refractivity contribution >= 4 is 11.9 Å². The summed E-state index contributed by atoms with van der Waals surface area (Å²) in [4.78, 5) is 8.60. The maximum Gasteiger partial charge on any atom is 0.213 e. The number of unbranched alkanes of at least 4 members (excludes halogenated alkanes) is 1. The second-order valence-electron chi connectivity index (χ2n) is 4.23. The Hall–Kier alpha value is -2.16. The van der Waals surface area contributed by atoms with E-state index in [1.54, 1.807) is 6.20 Å². The molecule has 0 saturated heterocycles. The summed E-state index contributed by atoms with van der Waals surface area (Å²) in [6.45, 7) is 2.86. The Morgan fingerprint density at radius 2 is 2.00 bits per heavy atom. The molecule has 19 heavy (non-hydrogen) atoms. The zero-order valence-corrected chi connectivity index (χ0v) is 11.1. The zero-order valence-electron chi connectivity index (χ0n) is 11.1. The van der Waals surface area contributed by atoms with E-state index in [1.165, 1.54) is 0 Å². The molecule has 0 unspecified atom stereocenters. The van der Waals surface area contributed by atoms with Gasteiger partial charge in [-0.25, -0.2) is 4.98 Å². The van der Waals surface area contributed by atoms with Gasteiger partial charge in [-0.3, -0.25) is 4.99 Å². The first-order valence-electron chi connectivity index (χ1n) is 6.56. The number of hydrogen-bond acceptors (Lipinski definition) is 3. The number of rotatable bonds is 6. The zero-order chi connectivity index (χ0) is 13.3. The molecule has 0 N–H and O–H groups in total.